The normalized spacial score (nSPS) is 13.3. The molecule has 0 amide bonds. The van der Waals surface area contributed by atoms with Crippen LogP contribution in [0.2, 0.25) is 0 Å². The van der Waals surface area contributed by atoms with Crippen LogP contribution >= 0.6 is 0 Å². The van der Waals surface area contributed by atoms with Crippen molar-refractivity contribution < 1.29 is 28.6 Å². The van der Waals surface area contributed by atoms with Crippen molar-refractivity contribution >= 4 is 17.9 Å². The highest BCUT2D eigenvalue weighted by Crippen LogP contribution is 2.11. The molecular weight excluding hydrogens is 901 g/mol. The molecule has 0 aliphatic rings. The summed E-state index contributed by atoms with van der Waals surface area (Å²) < 4.78 is 16.8. The highest BCUT2D eigenvalue weighted by atomic mass is 16.6. The van der Waals surface area contributed by atoms with E-state index in [-0.39, 0.29) is 44.0 Å². The number of allylic oxidation sites excluding steroid dienone is 26. The number of hydrogen-bond acceptors (Lipinski definition) is 6. The van der Waals surface area contributed by atoms with Gasteiger partial charge < -0.3 is 14.2 Å². The van der Waals surface area contributed by atoms with Gasteiger partial charge in [0.15, 0.2) is 6.10 Å². The van der Waals surface area contributed by atoms with E-state index in [4.69, 9.17) is 14.2 Å². The Kier molecular flexibility index (Phi) is 55.5. The summed E-state index contributed by atoms with van der Waals surface area (Å²) in [4.78, 5) is 38.2. The Morgan fingerprint density at radius 1 is 0.288 bits per heavy atom. The van der Waals surface area contributed by atoms with Crippen molar-refractivity contribution in [2.75, 3.05) is 13.2 Å². The van der Waals surface area contributed by atoms with Gasteiger partial charge in [-0.3, -0.25) is 14.4 Å². The van der Waals surface area contributed by atoms with Gasteiger partial charge in [0.25, 0.3) is 0 Å². The Balaban J connectivity index is 4.63. The van der Waals surface area contributed by atoms with E-state index >= 15 is 0 Å². The van der Waals surface area contributed by atoms with Gasteiger partial charge in [0.1, 0.15) is 13.2 Å². The van der Waals surface area contributed by atoms with Crippen LogP contribution in [0.5, 0.6) is 0 Å². The van der Waals surface area contributed by atoms with Gasteiger partial charge in [0.2, 0.25) is 0 Å². The largest absolute Gasteiger partial charge is 0.462 e. The summed E-state index contributed by atoms with van der Waals surface area (Å²) in [6.45, 7) is 6.35. The molecule has 0 radical (unpaired) electrons. The third-order valence-electron chi connectivity index (χ3n) is 11.5. The molecule has 0 aliphatic heterocycles. The molecule has 6 heteroatoms. The van der Waals surface area contributed by atoms with Crippen LogP contribution in [0.1, 0.15) is 226 Å². The van der Waals surface area contributed by atoms with Crippen LogP contribution in [-0.4, -0.2) is 37.2 Å². The van der Waals surface area contributed by atoms with E-state index in [1.54, 1.807) is 0 Å². The van der Waals surface area contributed by atoms with E-state index in [1.807, 2.05) is 0 Å². The zero-order valence-corrected chi connectivity index (χ0v) is 46.6. The summed E-state index contributed by atoms with van der Waals surface area (Å²) in [5.74, 6) is -1.06. The van der Waals surface area contributed by atoms with Gasteiger partial charge in [-0.2, -0.15) is 0 Å². The second kappa shape index (κ2) is 59.6. The van der Waals surface area contributed by atoms with E-state index < -0.39 is 6.10 Å². The van der Waals surface area contributed by atoms with Gasteiger partial charge in [-0.25, -0.2) is 0 Å². The minimum absolute atomic E-state index is 0.133. The lowest BCUT2D eigenvalue weighted by Crippen LogP contribution is -2.30. The average Bonchev–Trinajstić information content (AvgIpc) is 3.39. The predicted octanol–water partition coefficient (Wildman–Crippen LogP) is 19.8. The lowest BCUT2D eigenvalue weighted by molar-refractivity contribution is -0.167. The Bertz CT molecular complexity index is 1670. The number of hydrogen-bond donors (Lipinski definition) is 0. The first kappa shape index (κ1) is 68.0. The summed E-state index contributed by atoms with van der Waals surface area (Å²) in [5, 5.41) is 0. The average molecular weight is 1010 g/mol. The molecule has 0 N–H and O–H groups in total. The van der Waals surface area contributed by atoms with Crippen molar-refractivity contribution in [3.63, 3.8) is 0 Å². The van der Waals surface area contributed by atoms with Crippen LogP contribution in [0.25, 0.3) is 0 Å². The van der Waals surface area contributed by atoms with Crippen LogP contribution in [0, 0.1) is 0 Å². The standard InChI is InChI=1S/C67H104O6/c1-4-7-10-13-16-19-22-25-28-31-33-36-39-42-45-48-51-54-57-60-66(69)72-63-64(62-71-65(68)59-56-53-50-47-44-41-38-35-30-27-24-21-18-15-12-9-6-3)73-67(70)61-58-55-52-49-46-43-40-37-34-32-29-26-23-20-17-14-11-8-5-2/h9,12,16-21,25-30,33-34,36-38,41-43,45-47,50,64H,4-8,10-11,13-15,22-24,31-32,35,39-40,44,48-49,51-63H2,1-3H3/b12-9+,19-16+,20-17+,21-18+,28-25+,29-26+,30-27+,36-33+,37-34+,41-38+,45-42+,46-43+,50-47+/t64-/m1/s1. The Morgan fingerprint density at radius 3 is 0.863 bits per heavy atom. The van der Waals surface area contributed by atoms with E-state index in [2.05, 4.69) is 179 Å². The molecule has 0 aromatic rings. The topological polar surface area (TPSA) is 78.9 Å². The monoisotopic (exact) mass is 1000 g/mol. The molecule has 0 heterocycles. The maximum Gasteiger partial charge on any atom is 0.306 e. The van der Waals surface area contributed by atoms with Crippen molar-refractivity contribution in [3.8, 4) is 0 Å². The van der Waals surface area contributed by atoms with Gasteiger partial charge in [0.05, 0.1) is 0 Å². The van der Waals surface area contributed by atoms with Gasteiger partial charge in [-0.05, 0) is 148 Å². The number of rotatable bonds is 50. The SMILES string of the molecule is CC/C=C/C/C=C/C/C=C/C/C=C/C/C=C/CCCC(=O)OC[C@H](COC(=O)CCCCC/C=C/C/C=C/C/C=C/C/C=C/CCCCC)OC(=O)CCCCC/C=C/C/C=C/C/C=C/C/C=C/CCCCC. The van der Waals surface area contributed by atoms with Gasteiger partial charge in [0, 0.05) is 19.3 Å². The number of esters is 3. The minimum atomic E-state index is -0.840. The fourth-order valence-electron chi connectivity index (χ4n) is 7.15. The maximum absolute atomic E-state index is 12.9. The van der Waals surface area contributed by atoms with Crippen molar-refractivity contribution in [1.29, 1.82) is 0 Å². The van der Waals surface area contributed by atoms with Crippen molar-refractivity contribution in [2.24, 2.45) is 0 Å². The molecule has 73 heavy (non-hydrogen) atoms. The minimum Gasteiger partial charge on any atom is -0.462 e. The summed E-state index contributed by atoms with van der Waals surface area (Å²) in [6.07, 6.45) is 86.6. The van der Waals surface area contributed by atoms with Gasteiger partial charge >= 0.3 is 17.9 Å². The highest BCUT2D eigenvalue weighted by Gasteiger charge is 2.19. The highest BCUT2D eigenvalue weighted by molar-refractivity contribution is 5.71. The first-order valence-corrected chi connectivity index (χ1v) is 29.0. The molecule has 0 aromatic heterocycles. The Morgan fingerprint density at radius 2 is 0.548 bits per heavy atom. The lowest BCUT2D eigenvalue weighted by Gasteiger charge is -2.18. The zero-order valence-electron chi connectivity index (χ0n) is 46.6. The third-order valence-corrected chi connectivity index (χ3v) is 11.5. The second-order valence-electron chi connectivity index (χ2n) is 18.5. The lowest BCUT2D eigenvalue weighted by atomic mass is 10.1. The molecule has 408 valence electrons. The summed E-state index contributed by atoms with van der Waals surface area (Å²) in [7, 11) is 0. The van der Waals surface area contributed by atoms with Gasteiger partial charge in [-0.1, -0.05) is 217 Å². The van der Waals surface area contributed by atoms with Crippen molar-refractivity contribution in [2.45, 2.75) is 232 Å². The van der Waals surface area contributed by atoms with Crippen LogP contribution in [-0.2, 0) is 28.6 Å². The Hall–Kier alpha value is -4.97. The number of carbonyl (C=O) groups is 3. The number of ether oxygens (including phenoxy) is 3. The maximum atomic E-state index is 12.9. The third kappa shape index (κ3) is 57.8. The first-order valence-electron chi connectivity index (χ1n) is 29.0. The van der Waals surface area contributed by atoms with E-state index in [1.165, 1.54) is 51.4 Å². The van der Waals surface area contributed by atoms with Crippen LogP contribution in [0.3, 0.4) is 0 Å². The molecule has 1 atom stereocenters. The summed E-state index contributed by atoms with van der Waals surface area (Å²) in [5.41, 5.74) is 0. The zero-order chi connectivity index (χ0) is 52.9. The van der Waals surface area contributed by atoms with E-state index in [0.29, 0.717) is 19.3 Å². The number of carbonyl (C=O) groups excluding carboxylic acids is 3. The summed E-state index contributed by atoms with van der Waals surface area (Å²) in [6, 6.07) is 0. The molecule has 0 aliphatic carbocycles. The Labute approximate surface area is 448 Å². The van der Waals surface area contributed by atoms with Crippen LogP contribution in [0.4, 0.5) is 0 Å². The molecule has 0 bridgehead atoms. The predicted molar refractivity (Wildman–Crippen MR) is 315 cm³/mol. The van der Waals surface area contributed by atoms with E-state index in [0.717, 1.165) is 122 Å². The summed E-state index contributed by atoms with van der Waals surface area (Å²) >= 11 is 0. The molecular formula is C67H104O6. The molecule has 0 fully saturated rings. The van der Waals surface area contributed by atoms with Crippen molar-refractivity contribution in [1.82, 2.24) is 0 Å². The second-order valence-corrected chi connectivity index (χ2v) is 18.5. The molecule has 0 aromatic carbocycles. The molecule has 0 saturated carbocycles. The quantitative estimate of drug-likeness (QED) is 0.0261. The fraction of sp³-hybridized carbons (Fsp3) is 0.567. The van der Waals surface area contributed by atoms with Crippen LogP contribution < -0.4 is 0 Å². The van der Waals surface area contributed by atoms with E-state index in [9.17, 15) is 14.4 Å². The van der Waals surface area contributed by atoms with Crippen LogP contribution in [0.15, 0.2) is 158 Å². The molecule has 0 saturated heterocycles. The fourth-order valence-corrected chi connectivity index (χ4v) is 7.15. The molecule has 0 rings (SSSR count). The first-order chi connectivity index (χ1) is 36.0. The van der Waals surface area contributed by atoms with Gasteiger partial charge in [-0.15, -0.1) is 0 Å². The smallest absolute Gasteiger partial charge is 0.306 e. The number of unbranched alkanes of at least 4 members (excludes halogenated alkanes) is 13. The molecule has 0 spiro atoms. The molecule has 0 unspecified atom stereocenters. The van der Waals surface area contributed by atoms with Crippen molar-refractivity contribution in [3.05, 3.63) is 158 Å². The molecule has 6 nitrogen and oxygen atoms in total.